The Labute approximate surface area is 165 Å². The SMILES string of the molecule is Cc1ccc(-c2cccnc2C(N)(F)NC(=O)c2ncnc3ccccc23)nc1. The summed E-state index contributed by atoms with van der Waals surface area (Å²) in [5.41, 5.74) is 8.13. The van der Waals surface area contributed by atoms with Crippen LogP contribution in [0.4, 0.5) is 4.39 Å². The summed E-state index contributed by atoms with van der Waals surface area (Å²) in [5.74, 6) is -3.52. The highest BCUT2D eigenvalue weighted by Gasteiger charge is 2.34. The maximum Gasteiger partial charge on any atom is 0.279 e. The number of benzene rings is 1. The number of rotatable bonds is 4. The van der Waals surface area contributed by atoms with E-state index < -0.39 is 11.8 Å². The third kappa shape index (κ3) is 3.65. The van der Waals surface area contributed by atoms with Crippen molar-refractivity contribution in [3.05, 3.63) is 84.2 Å². The molecular formula is C21H17FN6O. The van der Waals surface area contributed by atoms with Crippen LogP contribution in [0.2, 0.25) is 0 Å². The molecule has 0 spiro atoms. The standard InChI is InChI=1S/C21H17FN6O/c1-13-8-9-17(25-11-13)15-6-4-10-24-19(15)21(22,23)28-20(29)18-14-5-2-3-7-16(14)26-12-27-18/h2-12H,23H2,1H3,(H,28,29). The van der Waals surface area contributed by atoms with Gasteiger partial charge in [-0.15, -0.1) is 0 Å². The lowest BCUT2D eigenvalue weighted by atomic mass is 10.1. The van der Waals surface area contributed by atoms with E-state index in [1.807, 2.05) is 13.0 Å². The highest BCUT2D eigenvalue weighted by atomic mass is 19.1. The molecule has 29 heavy (non-hydrogen) atoms. The van der Waals surface area contributed by atoms with Gasteiger partial charge in [0.05, 0.1) is 11.2 Å². The monoisotopic (exact) mass is 388 g/mol. The number of carbonyl (C=O) groups excluding carboxylic acids is 1. The van der Waals surface area contributed by atoms with Crippen molar-refractivity contribution in [3.8, 4) is 11.3 Å². The molecular weight excluding hydrogens is 371 g/mol. The largest absolute Gasteiger partial charge is 0.301 e. The van der Waals surface area contributed by atoms with E-state index in [4.69, 9.17) is 5.73 Å². The van der Waals surface area contributed by atoms with Gasteiger partial charge in [0, 0.05) is 23.3 Å². The molecule has 1 unspecified atom stereocenters. The molecule has 4 rings (SSSR count). The van der Waals surface area contributed by atoms with E-state index in [1.54, 1.807) is 48.7 Å². The van der Waals surface area contributed by atoms with E-state index in [0.29, 0.717) is 22.2 Å². The van der Waals surface area contributed by atoms with Crippen molar-refractivity contribution in [2.45, 2.75) is 12.8 Å². The number of nitrogens with zero attached hydrogens (tertiary/aromatic N) is 4. The molecule has 7 nitrogen and oxygen atoms in total. The Morgan fingerprint density at radius 1 is 1.03 bits per heavy atom. The van der Waals surface area contributed by atoms with Crippen LogP contribution < -0.4 is 11.1 Å². The molecule has 3 N–H and O–H groups in total. The first-order valence-electron chi connectivity index (χ1n) is 8.84. The van der Waals surface area contributed by atoms with Crippen LogP contribution in [-0.2, 0) is 5.92 Å². The van der Waals surface area contributed by atoms with Gasteiger partial charge in [0.15, 0.2) is 0 Å². The topological polar surface area (TPSA) is 107 Å². The van der Waals surface area contributed by atoms with E-state index >= 15 is 4.39 Å². The molecule has 1 amide bonds. The lowest BCUT2D eigenvalue weighted by Gasteiger charge is -2.23. The van der Waals surface area contributed by atoms with Crippen molar-refractivity contribution >= 4 is 16.8 Å². The summed E-state index contributed by atoms with van der Waals surface area (Å²) in [6.45, 7) is 1.90. The van der Waals surface area contributed by atoms with Gasteiger partial charge in [-0.25, -0.2) is 9.97 Å². The van der Waals surface area contributed by atoms with E-state index in [9.17, 15) is 4.79 Å². The molecule has 0 aliphatic rings. The second kappa shape index (κ2) is 7.33. The molecule has 0 fully saturated rings. The molecule has 8 heteroatoms. The normalized spacial score (nSPS) is 13.1. The molecule has 0 aliphatic heterocycles. The van der Waals surface area contributed by atoms with E-state index in [2.05, 4.69) is 25.3 Å². The molecule has 1 atom stereocenters. The Bertz CT molecular complexity index is 1190. The Morgan fingerprint density at radius 3 is 2.66 bits per heavy atom. The summed E-state index contributed by atoms with van der Waals surface area (Å²) in [4.78, 5) is 29.3. The van der Waals surface area contributed by atoms with E-state index in [-0.39, 0.29) is 11.4 Å². The minimum atomic E-state index is -2.74. The number of aromatic nitrogens is 4. The first-order chi connectivity index (χ1) is 14.0. The number of nitrogens with one attached hydrogen (secondary N) is 1. The molecule has 144 valence electrons. The summed E-state index contributed by atoms with van der Waals surface area (Å²) < 4.78 is 15.5. The molecule has 3 heterocycles. The van der Waals surface area contributed by atoms with Crippen LogP contribution in [0.5, 0.6) is 0 Å². The first-order valence-corrected chi connectivity index (χ1v) is 8.84. The average molecular weight is 388 g/mol. The maximum absolute atomic E-state index is 15.5. The van der Waals surface area contributed by atoms with Crippen molar-refractivity contribution in [2.24, 2.45) is 5.73 Å². The van der Waals surface area contributed by atoms with Gasteiger partial charge >= 0.3 is 0 Å². The first kappa shape index (κ1) is 18.6. The lowest BCUT2D eigenvalue weighted by molar-refractivity contribution is 0.0700. The fraction of sp³-hybridized carbons (Fsp3) is 0.0952. The third-order valence-corrected chi connectivity index (χ3v) is 4.39. The number of amides is 1. The fourth-order valence-electron chi connectivity index (χ4n) is 3.00. The van der Waals surface area contributed by atoms with Crippen LogP contribution >= 0.6 is 0 Å². The van der Waals surface area contributed by atoms with Gasteiger partial charge in [0.2, 0.25) is 0 Å². The Hall–Kier alpha value is -3.78. The number of hydrogen-bond donors (Lipinski definition) is 2. The lowest BCUT2D eigenvalue weighted by Crippen LogP contribution is -2.50. The Balaban J connectivity index is 1.71. The third-order valence-electron chi connectivity index (χ3n) is 4.39. The number of para-hydroxylation sites is 1. The molecule has 0 saturated carbocycles. The van der Waals surface area contributed by atoms with Crippen molar-refractivity contribution in [1.82, 2.24) is 25.3 Å². The number of carbonyl (C=O) groups is 1. The zero-order chi connectivity index (χ0) is 20.4. The quantitative estimate of drug-likeness (QED) is 0.411. The van der Waals surface area contributed by atoms with Crippen LogP contribution in [0.3, 0.4) is 0 Å². The maximum atomic E-state index is 15.5. The van der Waals surface area contributed by atoms with Crippen molar-refractivity contribution < 1.29 is 9.18 Å². The molecule has 0 saturated heterocycles. The average Bonchev–Trinajstić information content (AvgIpc) is 2.73. The summed E-state index contributed by atoms with van der Waals surface area (Å²) in [6, 6.07) is 13.8. The minimum Gasteiger partial charge on any atom is -0.301 e. The summed E-state index contributed by atoms with van der Waals surface area (Å²) in [6.07, 6.45) is 4.31. The van der Waals surface area contributed by atoms with Gasteiger partial charge in [-0.2, -0.15) is 4.39 Å². The summed E-state index contributed by atoms with van der Waals surface area (Å²) >= 11 is 0. The van der Waals surface area contributed by atoms with Gasteiger partial charge in [0.1, 0.15) is 17.7 Å². The van der Waals surface area contributed by atoms with Gasteiger partial charge in [-0.1, -0.05) is 24.3 Å². The Morgan fingerprint density at radius 2 is 1.86 bits per heavy atom. The van der Waals surface area contributed by atoms with Crippen LogP contribution in [-0.4, -0.2) is 25.8 Å². The predicted octanol–water partition coefficient (Wildman–Crippen LogP) is 2.86. The molecule has 0 bridgehead atoms. The second-order valence-corrected chi connectivity index (χ2v) is 6.53. The number of nitrogens with two attached hydrogens (primary N) is 1. The smallest absolute Gasteiger partial charge is 0.279 e. The number of fused-ring (bicyclic) bond motifs is 1. The molecule has 1 aromatic carbocycles. The zero-order valence-electron chi connectivity index (χ0n) is 15.5. The van der Waals surface area contributed by atoms with Gasteiger partial charge in [-0.3, -0.25) is 20.5 Å². The molecule has 4 aromatic rings. The minimum absolute atomic E-state index is 0.0222. The van der Waals surface area contributed by atoms with Crippen molar-refractivity contribution in [1.29, 1.82) is 0 Å². The van der Waals surface area contributed by atoms with E-state index in [1.165, 1.54) is 12.5 Å². The van der Waals surface area contributed by atoms with Gasteiger partial charge < -0.3 is 5.32 Å². The summed E-state index contributed by atoms with van der Waals surface area (Å²) in [5, 5.41) is 2.68. The number of hydrogen-bond acceptors (Lipinski definition) is 6. The van der Waals surface area contributed by atoms with Crippen LogP contribution in [0.1, 0.15) is 21.7 Å². The number of pyridine rings is 2. The molecule has 0 radical (unpaired) electrons. The van der Waals surface area contributed by atoms with Crippen molar-refractivity contribution in [2.75, 3.05) is 0 Å². The Kier molecular flexibility index (Phi) is 4.69. The number of aryl methyl sites for hydroxylation is 1. The predicted molar refractivity (Wildman–Crippen MR) is 106 cm³/mol. The highest BCUT2D eigenvalue weighted by molar-refractivity contribution is 6.04. The zero-order valence-corrected chi connectivity index (χ0v) is 15.5. The van der Waals surface area contributed by atoms with Crippen molar-refractivity contribution in [3.63, 3.8) is 0 Å². The van der Waals surface area contributed by atoms with Crippen LogP contribution in [0.25, 0.3) is 22.2 Å². The number of halogens is 1. The van der Waals surface area contributed by atoms with E-state index in [0.717, 1.165) is 5.56 Å². The van der Waals surface area contributed by atoms with Crippen LogP contribution in [0.15, 0.2) is 67.3 Å². The highest BCUT2D eigenvalue weighted by Crippen LogP contribution is 2.27. The van der Waals surface area contributed by atoms with Crippen LogP contribution in [0, 0.1) is 6.92 Å². The number of alkyl halides is 1. The fourth-order valence-corrected chi connectivity index (χ4v) is 3.00. The van der Waals surface area contributed by atoms with Gasteiger partial charge in [0.25, 0.3) is 11.8 Å². The molecule has 0 aliphatic carbocycles. The van der Waals surface area contributed by atoms with Gasteiger partial charge in [-0.05, 0) is 36.8 Å². The molecule has 3 aromatic heterocycles. The summed E-state index contributed by atoms with van der Waals surface area (Å²) in [7, 11) is 0. The second-order valence-electron chi connectivity index (χ2n) is 6.53.